The molecule has 0 atom stereocenters. The lowest BCUT2D eigenvalue weighted by Gasteiger charge is -2.10. The summed E-state index contributed by atoms with van der Waals surface area (Å²) in [6.07, 6.45) is 1.43. The first-order chi connectivity index (χ1) is 8.29. The third kappa shape index (κ3) is 4.68. The molecular weight excluding hydrogens is 256 g/mol. The second-order valence-corrected chi connectivity index (χ2v) is 5.66. The third-order valence-corrected chi connectivity index (χ3v) is 2.88. The lowest BCUT2D eigenvalue weighted by atomic mass is 10.2. The van der Waals surface area contributed by atoms with Crippen molar-refractivity contribution in [2.24, 2.45) is 5.14 Å². The van der Waals surface area contributed by atoms with Crippen LogP contribution < -0.4 is 10.5 Å². The maximum absolute atomic E-state index is 11.6. The molecule has 1 amide bonds. The molecule has 0 aliphatic carbocycles. The van der Waals surface area contributed by atoms with Gasteiger partial charge in [-0.25, -0.2) is 18.5 Å². The van der Waals surface area contributed by atoms with Crippen molar-refractivity contribution >= 4 is 21.7 Å². The van der Waals surface area contributed by atoms with Crippen LogP contribution >= 0.6 is 0 Å². The third-order valence-electron chi connectivity index (χ3n) is 2.11. The number of nitrogens with one attached hydrogen (secondary N) is 1. The SMILES string of the molecule is CN(C)C(=O)c1ccc(NCCS(N)(=O)=O)nc1. The average molecular weight is 272 g/mol. The van der Waals surface area contributed by atoms with Gasteiger partial charge in [-0.15, -0.1) is 0 Å². The molecule has 0 saturated carbocycles. The first-order valence-electron chi connectivity index (χ1n) is 5.21. The van der Waals surface area contributed by atoms with Gasteiger partial charge in [0.25, 0.3) is 5.91 Å². The van der Waals surface area contributed by atoms with Crippen molar-refractivity contribution < 1.29 is 13.2 Å². The van der Waals surface area contributed by atoms with E-state index >= 15 is 0 Å². The fourth-order valence-corrected chi connectivity index (χ4v) is 1.59. The fraction of sp³-hybridized carbons (Fsp3) is 0.400. The maximum Gasteiger partial charge on any atom is 0.254 e. The van der Waals surface area contributed by atoms with Crippen molar-refractivity contribution in [2.45, 2.75) is 0 Å². The standard InChI is InChI=1S/C10H16N4O3S/c1-14(2)10(15)8-3-4-9(13-7-8)12-5-6-18(11,16)17/h3-4,7H,5-6H2,1-2H3,(H,12,13)(H2,11,16,17). The number of carbonyl (C=O) groups excluding carboxylic acids is 1. The molecule has 18 heavy (non-hydrogen) atoms. The number of nitrogens with zero attached hydrogens (tertiary/aromatic N) is 2. The van der Waals surface area contributed by atoms with E-state index in [0.29, 0.717) is 11.4 Å². The summed E-state index contributed by atoms with van der Waals surface area (Å²) in [5.74, 6) is 0.181. The first kappa shape index (κ1) is 14.4. The van der Waals surface area contributed by atoms with Crippen molar-refractivity contribution in [3.05, 3.63) is 23.9 Å². The highest BCUT2D eigenvalue weighted by Crippen LogP contribution is 2.06. The number of sulfonamides is 1. The molecule has 1 aromatic rings. The number of anilines is 1. The van der Waals surface area contributed by atoms with Crippen molar-refractivity contribution in [1.29, 1.82) is 0 Å². The predicted molar refractivity (Wildman–Crippen MR) is 68.7 cm³/mol. The predicted octanol–water partition coefficient (Wildman–Crippen LogP) is -0.516. The van der Waals surface area contributed by atoms with Crippen LogP contribution in [-0.4, -0.2) is 50.6 Å². The Morgan fingerprint density at radius 3 is 2.56 bits per heavy atom. The van der Waals surface area contributed by atoms with Crippen molar-refractivity contribution in [1.82, 2.24) is 9.88 Å². The van der Waals surface area contributed by atoms with Crippen molar-refractivity contribution in [2.75, 3.05) is 31.7 Å². The summed E-state index contributed by atoms with van der Waals surface area (Å²) < 4.78 is 21.4. The highest BCUT2D eigenvalue weighted by atomic mass is 32.2. The molecule has 0 aromatic carbocycles. The topological polar surface area (TPSA) is 105 Å². The lowest BCUT2D eigenvalue weighted by molar-refractivity contribution is 0.0827. The van der Waals surface area contributed by atoms with Gasteiger partial charge in [-0.05, 0) is 12.1 Å². The monoisotopic (exact) mass is 272 g/mol. The Kier molecular flexibility index (Phi) is 4.62. The molecule has 1 heterocycles. The smallest absolute Gasteiger partial charge is 0.254 e. The summed E-state index contributed by atoms with van der Waals surface area (Å²) in [6.45, 7) is 0.173. The zero-order valence-corrected chi connectivity index (χ0v) is 11.1. The molecule has 0 radical (unpaired) electrons. The first-order valence-corrected chi connectivity index (χ1v) is 6.93. The second kappa shape index (κ2) is 5.78. The summed E-state index contributed by atoms with van der Waals surface area (Å²) in [5.41, 5.74) is 0.469. The quantitative estimate of drug-likeness (QED) is 0.750. The van der Waals surface area contributed by atoms with Crippen LogP contribution in [0.3, 0.4) is 0 Å². The summed E-state index contributed by atoms with van der Waals surface area (Å²) in [4.78, 5) is 17.0. The van der Waals surface area contributed by atoms with E-state index in [0.717, 1.165) is 0 Å². The van der Waals surface area contributed by atoms with Crippen LogP contribution in [0.5, 0.6) is 0 Å². The van der Waals surface area contributed by atoms with Gasteiger partial charge in [-0.1, -0.05) is 0 Å². The molecule has 3 N–H and O–H groups in total. The molecule has 1 rings (SSSR count). The summed E-state index contributed by atoms with van der Waals surface area (Å²) in [5, 5.41) is 7.66. The molecule has 0 bridgehead atoms. The minimum Gasteiger partial charge on any atom is -0.369 e. The Hall–Kier alpha value is -1.67. The van der Waals surface area contributed by atoms with Gasteiger partial charge in [0, 0.05) is 26.8 Å². The van der Waals surface area contributed by atoms with Gasteiger partial charge in [-0.2, -0.15) is 0 Å². The summed E-state index contributed by atoms with van der Waals surface area (Å²) >= 11 is 0. The Morgan fingerprint density at radius 2 is 2.11 bits per heavy atom. The number of nitrogens with two attached hydrogens (primary N) is 1. The average Bonchev–Trinajstić information content (AvgIpc) is 2.27. The highest BCUT2D eigenvalue weighted by molar-refractivity contribution is 7.89. The van der Waals surface area contributed by atoms with Crippen molar-refractivity contribution in [3.63, 3.8) is 0 Å². The zero-order valence-electron chi connectivity index (χ0n) is 10.3. The molecule has 1 aromatic heterocycles. The van der Waals surface area contributed by atoms with E-state index in [4.69, 9.17) is 5.14 Å². The van der Waals surface area contributed by atoms with Gasteiger partial charge in [0.05, 0.1) is 11.3 Å². The number of amides is 1. The van der Waals surface area contributed by atoms with Crippen LogP contribution in [0.25, 0.3) is 0 Å². The number of rotatable bonds is 5. The van der Waals surface area contributed by atoms with E-state index in [-0.39, 0.29) is 18.2 Å². The number of hydrogen-bond acceptors (Lipinski definition) is 5. The Balaban J connectivity index is 2.58. The Bertz CT molecular complexity index is 510. The number of aromatic nitrogens is 1. The molecule has 0 aliphatic heterocycles. The van der Waals surface area contributed by atoms with Crippen LogP contribution in [0.4, 0.5) is 5.82 Å². The molecule has 0 fully saturated rings. The van der Waals surface area contributed by atoms with Crippen molar-refractivity contribution in [3.8, 4) is 0 Å². The van der Waals surface area contributed by atoms with Gasteiger partial charge >= 0.3 is 0 Å². The van der Waals surface area contributed by atoms with Crippen LogP contribution in [-0.2, 0) is 10.0 Å². The van der Waals surface area contributed by atoms with E-state index in [1.54, 1.807) is 26.2 Å². The van der Waals surface area contributed by atoms with Gasteiger partial charge < -0.3 is 10.2 Å². The number of hydrogen-bond donors (Lipinski definition) is 2. The van der Waals surface area contributed by atoms with E-state index in [9.17, 15) is 13.2 Å². The minimum atomic E-state index is -3.48. The van der Waals surface area contributed by atoms with Gasteiger partial charge in [0.15, 0.2) is 0 Å². The van der Waals surface area contributed by atoms with E-state index in [1.165, 1.54) is 11.1 Å². The molecule has 0 aliphatic rings. The highest BCUT2D eigenvalue weighted by Gasteiger charge is 2.08. The van der Waals surface area contributed by atoms with Crippen LogP contribution in [0.2, 0.25) is 0 Å². The van der Waals surface area contributed by atoms with Crippen LogP contribution in [0.1, 0.15) is 10.4 Å². The normalized spacial score (nSPS) is 11.1. The molecule has 0 saturated heterocycles. The molecule has 8 heteroatoms. The van der Waals surface area contributed by atoms with E-state index in [2.05, 4.69) is 10.3 Å². The number of carbonyl (C=O) groups is 1. The second-order valence-electron chi connectivity index (χ2n) is 3.93. The van der Waals surface area contributed by atoms with Gasteiger partial charge in [-0.3, -0.25) is 4.79 Å². The van der Waals surface area contributed by atoms with E-state index in [1.807, 2.05) is 0 Å². The lowest BCUT2D eigenvalue weighted by Crippen LogP contribution is -2.23. The maximum atomic E-state index is 11.6. The molecule has 0 spiro atoms. The fourth-order valence-electron chi connectivity index (χ4n) is 1.20. The molecule has 0 unspecified atom stereocenters. The summed E-state index contributed by atoms with van der Waals surface area (Å²) in [6, 6.07) is 3.23. The Labute approximate surface area is 106 Å². The van der Waals surface area contributed by atoms with Gasteiger partial charge in [0.2, 0.25) is 10.0 Å². The molecule has 100 valence electrons. The largest absolute Gasteiger partial charge is 0.369 e. The van der Waals surface area contributed by atoms with Crippen LogP contribution in [0.15, 0.2) is 18.3 Å². The van der Waals surface area contributed by atoms with Crippen LogP contribution in [0, 0.1) is 0 Å². The van der Waals surface area contributed by atoms with E-state index < -0.39 is 10.0 Å². The Morgan fingerprint density at radius 1 is 1.44 bits per heavy atom. The zero-order chi connectivity index (χ0) is 13.8. The number of primary sulfonamides is 1. The minimum absolute atomic E-state index is 0.140. The molecule has 7 nitrogen and oxygen atoms in total. The van der Waals surface area contributed by atoms with Gasteiger partial charge in [0.1, 0.15) is 5.82 Å². The molecular formula is C10H16N4O3S. The summed E-state index contributed by atoms with van der Waals surface area (Å²) in [7, 11) is -0.171. The number of pyridine rings is 1.